The normalized spacial score (nSPS) is 13.9. The van der Waals surface area contributed by atoms with Gasteiger partial charge >= 0.3 is 0 Å². The maximum atomic E-state index is 13.1. The monoisotopic (exact) mass is 195 g/mol. The van der Waals surface area contributed by atoms with Crippen LogP contribution in [0.25, 0.3) is 0 Å². The number of amides is 1. The van der Waals surface area contributed by atoms with E-state index in [-0.39, 0.29) is 17.0 Å². The molecule has 5 heteroatoms. The molecular formula is C9H6FNO3. The van der Waals surface area contributed by atoms with Crippen LogP contribution in [-0.2, 0) is 4.79 Å². The second-order valence-corrected chi connectivity index (χ2v) is 2.78. The number of rotatable bonds is 1. The van der Waals surface area contributed by atoms with Crippen molar-refractivity contribution in [2.24, 2.45) is 0 Å². The average Bonchev–Trinajstić information content (AvgIpc) is 2.47. The molecule has 1 heterocycles. The summed E-state index contributed by atoms with van der Waals surface area (Å²) in [6, 6.07) is 2.45. The molecule has 4 nitrogen and oxygen atoms in total. The van der Waals surface area contributed by atoms with Crippen LogP contribution in [-0.4, -0.2) is 18.8 Å². The second-order valence-electron chi connectivity index (χ2n) is 2.78. The fourth-order valence-electron chi connectivity index (χ4n) is 1.36. The van der Waals surface area contributed by atoms with E-state index in [2.05, 4.69) is 5.32 Å². The fourth-order valence-corrected chi connectivity index (χ4v) is 1.36. The number of halogens is 1. The van der Waals surface area contributed by atoms with Crippen LogP contribution in [0, 0.1) is 5.82 Å². The van der Waals surface area contributed by atoms with E-state index in [1.165, 1.54) is 13.2 Å². The molecule has 14 heavy (non-hydrogen) atoms. The molecule has 0 aromatic heterocycles. The van der Waals surface area contributed by atoms with Gasteiger partial charge in [0.05, 0.1) is 18.4 Å². The van der Waals surface area contributed by atoms with Gasteiger partial charge in [-0.05, 0) is 12.1 Å². The van der Waals surface area contributed by atoms with Crippen molar-refractivity contribution in [3.8, 4) is 5.75 Å². The predicted octanol–water partition coefficient (Wildman–Crippen LogP) is 0.969. The van der Waals surface area contributed by atoms with Crippen LogP contribution in [0.2, 0.25) is 0 Å². The van der Waals surface area contributed by atoms with E-state index in [1.807, 2.05) is 0 Å². The Hall–Kier alpha value is -1.91. The van der Waals surface area contributed by atoms with Crippen molar-refractivity contribution >= 4 is 17.4 Å². The van der Waals surface area contributed by atoms with Gasteiger partial charge in [-0.25, -0.2) is 4.39 Å². The van der Waals surface area contributed by atoms with Crippen LogP contribution in [0.4, 0.5) is 10.1 Å². The summed E-state index contributed by atoms with van der Waals surface area (Å²) in [5.74, 6) is -2.04. The van der Waals surface area contributed by atoms with Gasteiger partial charge in [0, 0.05) is 0 Å². The Morgan fingerprint density at radius 3 is 2.71 bits per heavy atom. The fraction of sp³-hybridized carbons (Fsp3) is 0.111. The van der Waals surface area contributed by atoms with E-state index in [9.17, 15) is 14.0 Å². The highest BCUT2D eigenvalue weighted by molar-refractivity contribution is 6.52. The largest absolute Gasteiger partial charge is 0.496 e. The lowest BCUT2D eigenvalue weighted by molar-refractivity contribution is -0.112. The van der Waals surface area contributed by atoms with Crippen molar-refractivity contribution in [3.05, 3.63) is 23.5 Å². The van der Waals surface area contributed by atoms with E-state index in [4.69, 9.17) is 4.74 Å². The van der Waals surface area contributed by atoms with Crippen molar-refractivity contribution in [3.63, 3.8) is 0 Å². The molecule has 72 valence electrons. The third-order valence-corrected chi connectivity index (χ3v) is 2.01. The van der Waals surface area contributed by atoms with Crippen molar-refractivity contribution in [2.45, 2.75) is 0 Å². The number of benzene rings is 1. The van der Waals surface area contributed by atoms with Gasteiger partial charge in [-0.2, -0.15) is 0 Å². The first-order valence-electron chi connectivity index (χ1n) is 3.87. The maximum Gasteiger partial charge on any atom is 0.297 e. The molecule has 0 unspecified atom stereocenters. The first kappa shape index (κ1) is 8.68. The van der Waals surface area contributed by atoms with Crippen LogP contribution >= 0.6 is 0 Å². The minimum atomic E-state index is -0.830. The topological polar surface area (TPSA) is 55.4 Å². The molecule has 1 aromatic carbocycles. The van der Waals surface area contributed by atoms with Crippen LogP contribution in [0.1, 0.15) is 10.4 Å². The summed E-state index contributed by atoms with van der Waals surface area (Å²) >= 11 is 0. The average molecular weight is 195 g/mol. The summed E-state index contributed by atoms with van der Waals surface area (Å²) in [5, 5.41) is 2.15. The third-order valence-electron chi connectivity index (χ3n) is 2.01. The molecule has 1 aromatic rings. The highest BCUT2D eigenvalue weighted by Crippen LogP contribution is 2.33. The highest BCUT2D eigenvalue weighted by atomic mass is 19.1. The zero-order valence-corrected chi connectivity index (χ0v) is 7.26. The van der Waals surface area contributed by atoms with Crippen LogP contribution in [0.3, 0.4) is 0 Å². The van der Waals surface area contributed by atoms with E-state index < -0.39 is 17.5 Å². The van der Waals surface area contributed by atoms with Crippen molar-refractivity contribution in [2.75, 3.05) is 12.4 Å². The number of hydrogen-bond acceptors (Lipinski definition) is 3. The summed E-state index contributed by atoms with van der Waals surface area (Å²) in [5.41, 5.74) is -0.128. The van der Waals surface area contributed by atoms with Crippen LogP contribution < -0.4 is 10.1 Å². The number of carbonyl (C=O) groups excluding carboxylic acids is 2. The number of fused-ring (bicyclic) bond motifs is 1. The lowest BCUT2D eigenvalue weighted by Gasteiger charge is -2.04. The van der Waals surface area contributed by atoms with E-state index in [1.54, 1.807) is 0 Å². The zero-order chi connectivity index (χ0) is 10.3. The molecule has 0 bridgehead atoms. The van der Waals surface area contributed by atoms with E-state index in [0.29, 0.717) is 0 Å². The van der Waals surface area contributed by atoms with Crippen molar-refractivity contribution < 1.29 is 18.7 Å². The minimum Gasteiger partial charge on any atom is -0.496 e. The zero-order valence-electron chi connectivity index (χ0n) is 7.26. The molecule has 0 saturated carbocycles. The van der Waals surface area contributed by atoms with Gasteiger partial charge in [0.25, 0.3) is 11.7 Å². The Balaban J connectivity index is 2.71. The Labute approximate surface area is 78.7 Å². The molecule has 0 radical (unpaired) electrons. The first-order chi connectivity index (χ1) is 6.65. The smallest absolute Gasteiger partial charge is 0.297 e. The number of anilines is 1. The summed E-state index contributed by atoms with van der Waals surface area (Å²) < 4.78 is 18.0. The number of ketones is 1. The Kier molecular flexibility index (Phi) is 1.73. The lowest BCUT2D eigenvalue weighted by Crippen LogP contribution is -2.12. The molecule has 0 aliphatic carbocycles. The van der Waals surface area contributed by atoms with Crippen LogP contribution in [0.15, 0.2) is 12.1 Å². The third kappa shape index (κ3) is 0.985. The number of carbonyl (C=O) groups is 2. The standard InChI is InChI=1S/C9H6FNO3/c1-14-5-3-2-4(10)7-6(5)8(12)9(13)11-7/h2-3H,1H3,(H,11,12,13). The Morgan fingerprint density at radius 1 is 1.36 bits per heavy atom. The summed E-state index contributed by atoms with van der Waals surface area (Å²) in [4.78, 5) is 22.2. The lowest BCUT2D eigenvalue weighted by atomic mass is 10.1. The quantitative estimate of drug-likeness (QED) is 0.679. The molecule has 2 rings (SSSR count). The molecule has 0 atom stereocenters. The Morgan fingerprint density at radius 2 is 2.07 bits per heavy atom. The van der Waals surface area contributed by atoms with E-state index >= 15 is 0 Å². The van der Waals surface area contributed by atoms with Gasteiger partial charge in [-0.1, -0.05) is 0 Å². The minimum absolute atomic E-state index is 0.0301. The number of ether oxygens (including phenoxy) is 1. The predicted molar refractivity (Wildman–Crippen MR) is 45.9 cm³/mol. The maximum absolute atomic E-state index is 13.1. The van der Waals surface area contributed by atoms with Gasteiger partial charge in [0.15, 0.2) is 0 Å². The van der Waals surface area contributed by atoms with Crippen molar-refractivity contribution in [1.29, 1.82) is 0 Å². The van der Waals surface area contributed by atoms with Gasteiger partial charge in [0.1, 0.15) is 11.6 Å². The number of hydrogen-bond donors (Lipinski definition) is 1. The molecule has 0 fully saturated rings. The second kappa shape index (κ2) is 2.80. The summed E-state index contributed by atoms with van der Waals surface area (Å²) in [6.45, 7) is 0. The molecule has 1 N–H and O–H groups in total. The SMILES string of the molecule is COc1ccc(F)c2c1C(=O)C(=O)N2. The van der Waals surface area contributed by atoms with Gasteiger partial charge in [0.2, 0.25) is 0 Å². The first-order valence-corrected chi connectivity index (χ1v) is 3.87. The van der Waals surface area contributed by atoms with Crippen LogP contribution in [0.5, 0.6) is 5.75 Å². The number of nitrogens with one attached hydrogen (secondary N) is 1. The molecule has 0 saturated heterocycles. The van der Waals surface area contributed by atoms with Crippen molar-refractivity contribution in [1.82, 2.24) is 0 Å². The van der Waals surface area contributed by atoms with E-state index in [0.717, 1.165) is 6.07 Å². The molecule has 1 aliphatic rings. The molecule has 1 aliphatic heterocycles. The number of Topliss-reactive ketones (excluding diaryl/α,β-unsaturated/α-hetero) is 1. The van der Waals surface area contributed by atoms with Gasteiger partial charge < -0.3 is 10.1 Å². The van der Waals surface area contributed by atoms with Gasteiger partial charge in [-0.3, -0.25) is 9.59 Å². The van der Waals surface area contributed by atoms with Gasteiger partial charge in [-0.15, -0.1) is 0 Å². The summed E-state index contributed by atoms with van der Waals surface area (Å²) in [7, 11) is 1.35. The number of methoxy groups -OCH3 is 1. The molecular weight excluding hydrogens is 189 g/mol. The molecule has 1 amide bonds. The molecule has 0 spiro atoms. The highest BCUT2D eigenvalue weighted by Gasteiger charge is 2.33. The summed E-state index contributed by atoms with van der Waals surface area (Å²) in [6.07, 6.45) is 0. The Bertz CT molecular complexity index is 442.